The highest BCUT2D eigenvalue weighted by Crippen LogP contribution is 2.32. The van der Waals surface area contributed by atoms with Gasteiger partial charge in [0.15, 0.2) is 0 Å². The lowest BCUT2D eigenvalue weighted by Crippen LogP contribution is -2.36. The second-order valence-corrected chi connectivity index (χ2v) is 6.71. The molecule has 106 valence electrons. The molecule has 2 aromatic carbocycles. The predicted octanol–water partition coefficient (Wildman–Crippen LogP) is 5.31. The van der Waals surface area contributed by atoms with Gasteiger partial charge >= 0.3 is 0 Å². The van der Waals surface area contributed by atoms with Gasteiger partial charge in [0.2, 0.25) is 0 Å². The number of nitrogens with two attached hydrogens (primary N) is 1. The lowest BCUT2D eigenvalue weighted by atomic mass is 9.86. The Morgan fingerprint density at radius 2 is 1.90 bits per heavy atom. The minimum Gasteiger partial charge on any atom is -0.321 e. The van der Waals surface area contributed by atoms with Crippen LogP contribution in [0.5, 0.6) is 0 Å². The molecular weight excluding hydrogens is 364 g/mol. The van der Waals surface area contributed by atoms with Gasteiger partial charge in [-0.05, 0) is 54.8 Å². The fraction of sp³-hybridized carbons (Fsp3) is 0.200. The van der Waals surface area contributed by atoms with E-state index in [-0.39, 0.29) is 5.82 Å². The first-order chi connectivity index (χ1) is 9.29. The van der Waals surface area contributed by atoms with Gasteiger partial charge in [-0.3, -0.25) is 0 Å². The van der Waals surface area contributed by atoms with E-state index >= 15 is 0 Å². The molecule has 0 bridgehead atoms. The van der Waals surface area contributed by atoms with Gasteiger partial charge in [0.1, 0.15) is 5.82 Å². The third-order valence-corrected chi connectivity index (χ3v) is 4.15. The standard InChI is InChI=1S/C15H13BrCl2FN/c1-15(20,12-4-2-10(16)7-13(12)18)8-9-6-11(17)3-5-14(9)19/h2-7H,8,20H2,1H3. The first-order valence-electron chi connectivity index (χ1n) is 5.98. The number of rotatable bonds is 3. The molecule has 0 aromatic heterocycles. The van der Waals surface area contributed by atoms with Gasteiger partial charge in [-0.25, -0.2) is 4.39 Å². The zero-order valence-electron chi connectivity index (χ0n) is 10.8. The van der Waals surface area contributed by atoms with Crippen LogP contribution in [0.1, 0.15) is 18.1 Å². The summed E-state index contributed by atoms with van der Waals surface area (Å²) in [5.74, 6) is -0.320. The van der Waals surface area contributed by atoms with Crippen molar-refractivity contribution in [3.63, 3.8) is 0 Å². The van der Waals surface area contributed by atoms with E-state index in [1.54, 1.807) is 12.1 Å². The van der Waals surface area contributed by atoms with Gasteiger partial charge in [0.05, 0.1) is 0 Å². The van der Waals surface area contributed by atoms with E-state index in [0.717, 1.165) is 10.0 Å². The Morgan fingerprint density at radius 3 is 2.55 bits per heavy atom. The molecule has 0 saturated heterocycles. The predicted molar refractivity (Wildman–Crippen MR) is 85.8 cm³/mol. The highest BCUT2D eigenvalue weighted by Gasteiger charge is 2.26. The van der Waals surface area contributed by atoms with Crippen LogP contribution in [0.2, 0.25) is 10.0 Å². The molecule has 20 heavy (non-hydrogen) atoms. The maximum Gasteiger partial charge on any atom is 0.126 e. The molecule has 2 aromatic rings. The Bertz CT molecular complexity index is 644. The molecule has 0 spiro atoms. The summed E-state index contributed by atoms with van der Waals surface area (Å²) in [7, 11) is 0. The summed E-state index contributed by atoms with van der Waals surface area (Å²) in [4.78, 5) is 0. The summed E-state index contributed by atoms with van der Waals surface area (Å²) in [6.45, 7) is 1.82. The van der Waals surface area contributed by atoms with Gasteiger partial charge in [0, 0.05) is 20.1 Å². The summed E-state index contributed by atoms with van der Waals surface area (Å²) < 4.78 is 14.7. The Balaban J connectivity index is 2.37. The molecule has 1 unspecified atom stereocenters. The maximum absolute atomic E-state index is 13.8. The first-order valence-corrected chi connectivity index (χ1v) is 7.53. The highest BCUT2D eigenvalue weighted by atomic mass is 79.9. The third kappa shape index (κ3) is 3.53. The molecule has 0 aliphatic rings. The van der Waals surface area contributed by atoms with Crippen molar-refractivity contribution in [3.8, 4) is 0 Å². The van der Waals surface area contributed by atoms with Crippen molar-refractivity contribution in [1.82, 2.24) is 0 Å². The Kier molecular flexibility index (Phi) is 4.75. The van der Waals surface area contributed by atoms with Crippen LogP contribution in [0.25, 0.3) is 0 Å². The van der Waals surface area contributed by atoms with E-state index in [1.165, 1.54) is 12.1 Å². The van der Waals surface area contributed by atoms with E-state index in [9.17, 15) is 4.39 Å². The molecule has 0 aliphatic carbocycles. The molecule has 0 fully saturated rings. The number of halogens is 4. The Hall–Kier alpha value is -0.610. The van der Waals surface area contributed by atoms with Crippen LogP contribution in [-0.2, 0) is 12.0 Å². The fourth-order valence-electron chi connectivity index (χ4n) is 2.12. The summed E-state index contributed by atoms with van der Waals surface area (Å²) >= 11 is 15.5. The van der Waals surface area contributed by atoms with Crippen LogP contribution in [0, 0.1) is 5.82 Å². The van der Waals surface area contributed by atoms with Gasteiger partial charge in [-0.1, -0.05) is 45.2 Å². The molecular formula is C15H13BrCl2FN. The molecule has 2 N–H and O–H groups in total. The van der Waals surface area contributed by atoms with Crippen molar-refractivity contribution in [2.45, 2.75) is 18.9 Å². The molecule has 0 amide bonds. The number of hydrogen-bond acceptors (Lipinski definition) is 1. The fourth-order valence-corrected chi connectivity index (χ4v) is 3.21. The zero-order chi connectivity index (χ0) is 14.9. The van der Waals surface area contributed by atoms with Crippen LogP contribution in [0.4, 0.5) is 4.39 Å². The lowest BCUT2D eigenvalue weighted by molar-refractivity contribution is 0.475. The molecule has 2 rings (SSSR count). The quantitative estimate of drug-likeness (QED) is 0.771. The van der Waals surface area contributed by atoms with Crippen molar-refractivity contribution < 1.29 is 4.39 Å². The second-order valence-electron chi connectivity index (χ2n) is 4.95. The van der Waals surface area contributed by atoms with E-state index in [1.807, 2.05) is 19.1 Å². The van der Waals surface area contributed by atoms with Crippen molar-refractivity contribution in [2.24, 2.45) is 5.73 Å². The normalized spacial score (nSPS) is 14.1. The smallest absolute Gasteiger partial charge is 0.126 e. The Morgan fingerprint density at radius 1 is 1.20 bits per heavy atom. The van der Waals surface area contributed by atoms with E-state index < -0.39 is 5.54 Å². The van der Waals surface area contributed by atoms with Gasteiger partial charge in [-0.15, -0.1) is 0 Å². The summed E-state index contributed by atoms with van der Waals surface area (Å²) in [5.41, 5.74) is 6.78. The van der Waals surface area contributed by atoms with Crippen LogP contribution < -0.4 is 5.73 Å². The number of benzene rings is 2. The molecule has 1 atom stereocenters. The summed E-state index contributed by atoms with van der Waals surface area (Å²) in [5, 5.41) is 1.03. The second kappa shape index (κ2) is 6.02. The van der Waals surface area contributed by atoms with Crippen LogP contribution in [-0.4, -0.2) is 0 Å². The van der Waals surface area contributed by atoms with Crippen LogP contribution in [0.15, 0.2) is 40.9 Å². The average molecular weight is 377 g/mol. The minimum atomic E-state index is -0.788. The number of hydrogen-bond donors (Lipinski definition) is 1. The highest BCUT2D eigenvalue weighted by molar-refractivity contribution is 9.10. The zero-order valence-corrected chi connectivity index (χ0v) is 13.9. The summed E-state index contributed by atoms with van der Waals surface area (Å²) in [6.07, 6.45) is 0.306. The molecule has 5 heteroatoms. The van der Waals surface area contributed by atoms with Gasteiger partial charge in [-0.2, -0.15) is 0 Å². The van der Waals surface area contributed by atoms with E-state index in [2.05, 4.69) is 15.9 Å². The van der Waals surface area contributed by atoms with Crippen LogP contribution in [0.3, 0.4) is 0 Å². The van der Waals surface area contributed by atoms with Gasteiger partial charge in [0.25, 0.3) is 0 Å². The SMILES string of the molecule is CC(N)(Cc1cc(Cl)ccc1F)c1ccc(Br)cc1Cl. The summed E-state index contributed by atoms with van der Waals surface area (Å²) in [6, 6.07) is 9.93. The average Bonchev–Trinajstić information content (AvgIpc) is 2.33. The monoisotopic (exact) mass is 375 g/mol. The molecule has 0 saturated carbocycles. The van der Waals surface area contributed by atoms with Crippen molar-refractivity contribution >= 4 is 39.1 Å². The van der Waals surface area contributed by atoms with Crippen molar-refractivity contribution in [3.05, 3.63) is 67.9 Å². The largest absolute Gasteiger partial charge is 0.321 e. The Labute approximate surface area is 136 Å². The van der Waals surface area contributed by atoms with Gasteiger partial charge < -0.3 is 5.73 Å². The topological polar surface area (TPSA) is 26.0 Å². The molecule has 0 radical (unpaired) electrons. The van der Waals surface area contributed by atoms with E-state index in [4.69, 9.17) is 28.9 Å². The minimum absolute atomic E-state index is 0.306. The van der Waals surface area contributed by atoms with E-state index in [0.29, 0.717) is 22.0 Å². The third-order valence-electron chi connectivity index (χ3n) is 3.11. The van der Waals surface area contributed by atoms with Crippen molar-refractivity contribution in [1.29, 1.82) is 0 Å². The van der Waals surface area contributed by atoms with Crippen molar-refractivity contribution in [2.75, 3.05) is 0 Å². The maximum atomic E-state index is 13.8. The molecule has 0 heterocycles. The molecule has 0 aliphatic heterocycles. The molecule has 1 nitrogen and oxygen atoms in total. The first kappa shape index (κ1) is 15.8. The lowest BCUT2D eigenvalue weighted by Gasteiger charge is -2.27. The van der Waals surface area contributed by atoms with Crippen LogP contribution >= 0.6 is 39.1 Å².